The average Bonchev–Trinajstić information content (AvgIpc) is 2.87. The Hall–Kier alpha value is -1.62. The number of fused-ring (bicyclic) bond motifs is 1. The summed E-state index contributed by atoms with van der Waals surface area (Å²) in [4.78, 5) is 11.9. The van der Waals surface area contributed by atoms with Crippen molar-refractivity contribution in [3.8, 4) is 0 Å². The van der Waals surface area contributed by atoms with Gasteiger partial charge in [0.05, 0.1) is 12.3 Å². The van der Waals surface area contributed by atoms with E-state index in [0.29, 0.717) is 11.5 Å². The lowest BCUT2D eigenvalue weighted by Gasteiger charge is -2.43. The van der Waals surface area contributed by atoms with Crippen LogP contribution in [0.4, 0.5) is 0 Å². The van der Waals surface area contributed by atoms with Crippen LogP contribution in [0.1, 0.15) is 31.4 Å². The average molecular weight is 234 g/mol. The molecule has 5 heteroatoms. The molecule has 0 saturated heterocycles. The lowest BCUT2D eigenvalue weighted by Crippen LogP contribution is -2.49. The molecule has 1 fully saturated rings. The minimum atomic E-state index is -0.230. The van der Waals surface area contributed by atoms with Gasteiger partial charge in [-0.15, -0.1) is 0 Å². The zero-order valence-electron chi connectivity index (χ0n) is 9.41. The van der Waals surface area contributed by atoms with E-state index in [1.807, 2.05) is 0 Å². The fourth-order valence-electron chi connectivity index (χ4n) is 2.71. The highest BCUT2D eigenvalue weighted by molar-refractivity contribution is 5.59. The standard InChI is InChI=1S/C12H14N2O3/c15-13-8-11(12-6-3-7-17-12)14(16)10-5-2-1-4-9(10)13/h3,6-10H,1-2,4-5H2/t9-,10-/m1/s1. The highest BCUT2D eigenvalue weighted by Gasteiger charge is 2.42. The molecule has 1 aromatic rings. The van der Waals surface area contributed by atoms with Gasteiger partial charge in [-0.05, 0) is 25.0 Å². The van der Waals surface area contributed by atoms with Gasteiger partial charge < -0.3 is 14.7 Å². The maximum absolute atomic E-state index is 12.2. The first-order chi connectivity index (χ1) is 8.27. The van der Waals surface area contributed by atoms with Crippen LogP contribution in [0.2, 0.25) is 0 Å². The SMILES string of the molecule is O=[N+]1C=C(c2ccco2)N([O-])[C@@H]2CCCC[C@H]21. The van der Waals surface area contributed by atoms with E-state index in [9.17, 15) is 10.1 Å². The molecule has 1 aliphatic heterocycles. The molecular weight excluding hydrogens is 220 g/mol. The second-order valence-electron chi connectivity index (χ2n) is 4.60. The van der Waals surface area contributed by atoms with E-state index in [4.69, 9.17) is 4.42 Å². The van der Waals surface area contributed by atoms with Crippen LogP contribution >= 0.6 is 0 Å². The highest BCUT2D eigenvalue weighted by Crippen LogP contribution is 2.34. The van der Waals surface area contributed by atoms with Gasteiger partial charge in [-0.25, -0.2) is 0 Å². The summed E-state index contributed by atoms with van der Waals surface area (Å²) in [5.74, 6) is 0.463. The Morgan fingerprint density at radius 1 is 1.41 bits per heavy atom. The molecule has 1 saturated carbocycles. The Kier molecular flexibility index (Phi) is 2.48. The molecule has 1 aliphatic carbocycles. The van der Waals surface area contributed by atoms with Crippen molar-refractivity contribution in [2.24, 2.45) is 0 Å². The van der Waals surface area contributed by atoms with Crippen LogP contribution in [0.3, 0.4) is 0 Å². The van der Waals surface area contributed by atoms with Crippen molar-refractivity contribution in [1.29, 1.82) is 0 Å². The number of nitrogens with zero attached hydrogens (tertiary/aromatic N) is 2. The van der Waals surface area contributed by atoms with Gasteiger partial charge in [0.1, 0.15) is 5.70 Å². The topological polar surface area (TPSA) is 59.5 Å². The van der Waals surface area contributed by atoms with Crippen molar-refractivity contribution < 1.29 is 9.18 Å². The van der Waals surface area contributed by atoms with E-state index in [1.54, 1.807) is 12.1 Å². The van der Waals surface area contributed by atoms with Crippen molar-refractivity contribution in [3.05, 3.63) is 40.5 Å². The van der Waals surface area contributed by atoms with Gasteiger partial charge in [0.25, 0.3) is 0 Å². The van der Waals surface area contributed by atoms with E-state index < -0.39 is 0 Å². The maximum atomic E-state index is 12.2. The summed E-state index contributed by atoms with van der Waals surface area (Å²) in [5.41, 5.74) is 0.341. The van der Waals surface area contributed by atoms with Crippen molar-refractivity contribution in [1.82, 2.24) is 5.06 Å². The third-order valence-electron chi connectivity index (χ3n) is 3.58. The van der Waals surface area contributed by atoms with E-state index in [0.717, 1.165) is 35.5 Å². The van der Waals surface area contributed by atoms with E-state index in [-0.39, 0.29) is 12.1 Å². The predicted molar refractivity (Wildman–Crippen MR) is 61.6 cm³/mol. The first kappa shape index (κ1) is 10.5. The van der Waals surface area contributed by atoms with Gasteiger partial charge in [-0.2, -0.15) is 0 Å². The minimum absolute atomic E-state index is 0.194. The number of nitroso groups, excluding NO2 is 1. The van der Waals surface area contributed by atoms with Gasteiger partial charge in [-0.3, -0.25) is 0 Å². The van der Waals surface area contributed by atoms with Crippen LogP contribution < -0.4 is 0 Å². The van der Waals surface area contributed by atoms with Crippen LogP contribution in [0.15, 0.2) is 29.0 Å². The van der Waals surface area contributed by atoms with Crippen molar-refractivity contribution in [2.75, 3.05) is 0 Å². The summed E-state index contributed by atoms with van der Waals surface area (Å²) in [6.07, 6.45) is 6.49. The summed E-state index contributed by atoms with van der Waals surface area (Å²) in [6.45, 7) is 0. The molecule has 2 atom stereocenters. The molecule has 0 bridgehead atoms. The summed E-state index contributed by atoms with van der Waals surface area (Å²) >= 11 is 0. The Labute approximate surface area is 98.9 Å². The normalized spacial score (nSPS) is 28.9. The van der Waals surface area contributed by atoms with E-state index in [1.165, 1.54) is 12.5 Å². The second-order valence-corrected chi connectivity index (χ2v) is 4.60. The zero-order chi connectivity index (χ0) is 11.8. The summed E-state index contributed by atoms with van der Waals surface area (Å²) in [6, 6.07) is 2.99. The van der Waals surface area contributed by atoms with Crippen LogP contribution in [0.25, 0.3) is 5.70 Å². The summed E-state index contributed by atoms with van der Waals surface area (Å²) in [5, 5.41) is 13.2. The fourth-order valence-corrected chi connectivity index (χ4v) is 2.71. The Morgan fingerprint density at radius 2 is 2.24 bits per heavy atom. The number of hydrogen-bond donors (Lipinski definition) is 0. The molecule has 90 valence electrons. The molecule has 2 aliphatic rings. The lowest BCUT2D eigenvalue weighted by atomic mass is 9.88. The summed E-state index contributed by atoms with van der Waals surface area (Å²) in [7, 11) is 0. The molecule has 0 N–H and O–H groups in total. The Bertz CT molecular complexity index is 452. The molecule has 3 rings (SSSR count). The predicted octanol–water partition coefficient (Wildman–Crippen LogP) is 2.48. The molecule has 0 amide bonds. The minimum Gasteiger partial charge on any atom is -0.758 e. The molecule has 0 aromatic carbocycles. The highest BCUT2D eigenvalue weighted by atomic mass is 16.5. The molecular formula is C12H14N2O3. The number of furan rings is 1. The molecule has 17 heavy (non-hydrogen) atoms. The molecule has 0 spiro atoms. The van der Waals surface area contributed by atoms with Crippen molar-refractivity contribution in [3.63, 3.8) is 0 Å². The van der Waals surface area contributed by atoms with Gasteiger partial charge >= 0.3 is 0 Å². The third kappa shape index (κ3) is 1.67. The number of rotatable bonds is 1. The molecule has 0 radical (unpaired) electrons. The second kappa shape index (κ2) is 4.00. The smallest absolute Gasteiger partial charge is 0.247 e. The van der Waals surface area contributed by atoms with E-state index in [2.05, 4.69) is 0 Å². The molecule has 5 nitrogen and oxygen atoms in total. The molecule has 1 aromatic heterocycles. The number of hydroxylamine groups is 2. The van der Waals surface area contributed by atoms with E-state index >= 15 is 0 Å². The van der Waals surface area contributed by atoms with Crippen molar-refractivity contribution in [2.45, 2.75) is 37.8 Å². The molecule has 2 heterocycles. The van der Waals surface area contributed by atoms with Crippen molar-refractivity contribution >= 4 is 5.70 Å². The van der Waals surface area contributed by atoms with Crippen LogP contribution in [-0.2, 0) is 0 Å². The van der Waals surface area contributed by atoms with Crippen LogP contribution in [-0.4, -0.2) is 21.9 Å². The van der Waals surface area contributed by atoms with Gasteiger partial charge in [0.15, 0.2) is 5.76 Å². The first-order valence-corrected chi connectivity index (χ1v) is 5.95. The quantitative estimate of drug-likeness (QED) is 0.700. The monoisotopic (exact) mass is 234 g/mol. The Morgan fingerprint density at radius 3 is 3.00 bits per heavy atom. The largest absolute Gasteiger partial charge is 0.758 e. The molecule has 0 unspecified atom stereocenters. The maximum Gasteiger partial charge on any atom is 0.247 e. The summed E-state index contributed by atoms with van der Waals surface area (Å²) < 4.78 is 6.12. The van der Waals surface area contributed by atoms with Crippen LogP contribution in [0, 0.1) is 10.1 Å². The van der Waals surface area contributed by atoms with Gasteiger partial charge in [0.2, 0.25) is 12.2 Å². The lowest BCUT2D eigenvalue weighted by molar-refractivity contribution is -0.536. The number of hydrogen-bond acceptors (Lipinski definition) is 4. The third-order valence-corrected chi connectivity index (χ3v) is 3.58. The van der Waals surface area contributed by atoms with Gasteiger partial charge in [0, 0.05) is 16.1 Å². The van der Waals surface area contributed by atoms with Crippen LogP contribution in [0.5, 0.6) is 0 Å². The Balaban J connectivity index is 1.97. The fraction of sp³-hybridized carbons (Fsp3) is 0.500. The zero-order valence-corrected chi connectivity index (χ0v) is 9.41. The van der Waals surface area contributed by atoms with Gasteiger partial charge in [-0.1, -0.05) is 6.42 Å². The first-order valence-electron chi connectivity index (χ1n) is 5.95.